The summed E-state index contributed by atoms with van der Waals surface area (Å²) in [6.45, 7) is 4.67. The van der Waals surface area contributed by atoms with Gasteiger partial charge in [0.15, 0.2) is 0 Å². The summed E-state index contributed by atoms with van der Waals surface area (Å²) in [6.07, 6.45) is 2.99. The van der Waals surface area contributed by atoms with Crippen LogP contribution in [0.2, 0.25) is 0 Å². The number of halogens is 3. The second-order valence-corrected chi connectivity index (χ2v) is 11.0. The van der Waals surface area contributed by atoms with Gasteiger partial charge in [-0.05, 0) is 58.4 Å². The molecule has 34 heavy (non-hydrogen) atoms. The van der Waals surface area contributed by atoms with E-state index in [-0.39, 0.29) is 36.9 Å². The van der Waals surface area contributed by atoms with Gasteiger partial charge in [-0.3, -0.25) is 9.98 Å². The summed E-state index contributed by atoms with van der Waals surface area (Å²) < 4.78 is 47.5. The third kappa shape index (κ3) is 3.33. The molecule has 6 nitrogen and oxygen atoms in total. The van der Waals surface area contributed by atoms with Crippen molar-refractivity contribution in [3.63, 3.8) is 0 Å². The van der Waals surface area contributed by atoms with Crippen molar-refractivity contribution in [1.29, 1.82) is 0 Å². The highest BCUT2D eigenvalue weighted by Crippen LogP contribution is 2.91. The molecule has 3 aliphatic carbocycles. The van der Waals surface area contributed by atoms with Crippen molar-refractivity contribution < 1.29 is 17.9 Å². The van der Waals surface area contributed by atoms with Gasteiger partial charge in [-0.2, -0.15) is 13.2 Å². The maximum atomic E-state index is 13.8. The van der Waals surface area contributed by atoms with Gasteiger partial charge in [0, 0.05) is 53.7 Å². The number of alkyl halides is 3. The fourth-order valence-electron chi connectivity index (χ4n) is 5.81. The van der Waals surface area contributed by atoms with E-state index in [0.29, 0.717) is 24.8 Å². The van der Waals surface area contributed by atoms with Gasteiger partial charge in [0.25, 0.3) is 0 Å². The Balaban J connectivity index is 1.32. The van der Waals surface area contributed by atoms with Crippen LogP contribution >= 0.6 is 0 Å². The molecule has 4 fully saturated rings. The smallest absolute Gasteiger partial charge is 0.395 e. The lowest BCUT2D eigenvalue weighted by Crippen LogP contribution is -2.40. The van der Waals surface area contributed by atoms with Crippen molar-refractivity contribution >= 4 is 17.6 Å². The zero-order valence-electron chi connectivity index (χ0n) is 19.6. The molecule has 3 heterocycles. The van der Waals surface area contributed by atoms with Crippen LogP contribution in [0, 0.1) is 5.41 Å². The lowest BCUT2D eigenvalue weighted by molar-refractivity contribution is -0.167. The third-order valence-electron chi connectivity index (χ3n) is 8.66. The van der Waals surface area contributed by atoms with Gasteiger partial charge in [-0.25, -0.2) is 0 Å². The molecule has 9 heteroatoms. The molecule has 2 aliphatic heterocycles. The summed E-state index contributed by atoms with van der Waals surface area (Å²) in [4.78, 5) is 9.51. The molecule has 4 N–H and O–H groups in total. The zero-order chi connectivity index (χ0) is 23.9. The summed E-state index contributed by atoms with van der Waals surface area (Å²) in [5, 5.41) is 6.98. The Kier molecular flexibility index (Phi) is 4.80. The molecule has 0 radical (unpaired) electrons. The first-order chi connectivity index (χ1) is 16.2. The molecule has 5 aliphatic rings. The van der Waals surface area contributed by atoms with Crippen LogP contribution in [0.1, 0.15) is 69.7 Å². The summed E-state index contributed by atoms with van der Waals surface area (Å²) in [5.41, 5.74) is 7.35. The molecule has 4 unspecified atom stereocenters. The number of nitrogens with zero attached hydrogens (tertiary/aromatic N) is 2. The molecule has 6 rings (SSSR count). The van der Waals surface area contributed by atoms with Crippen LogP contribution in [0.15, 0.2) is 22.8 Å². The van der Waals surface area contributed by atoms with Crippen molar-refractivity contribution in [3.8, 4) is 0 Å². The molecule has 184 valence electrons. The van der Waals surface area contributed by atoms with E-state index in [1.54, 1.807) is 6.20 Å². The number of anilines is 2. The SMILES string of the molecule is CC1Nc2cc(C3CCOC(/C(C=NC4CC4)=C/N)C3)nc(C34CC3(C(F)(F)F)C4)c2NC1C. The average Bonchev–Trinajstić information content (AvgIpc) is 3.67. The number of aliphatic imine (C=N–C) groups is 1. The molecule has 4 atom stereocenters. The van der Waals surface area contributed by atoms with Gasteiger partial charge >= 0.3 is 6.18 Å². The molecule has 0 amide bonds. The Hall–Kier alpha value is -2.29. The number of fused-ring (bicyclic) bond motifs is 2. The number of hydrogen-bond donors (Lipinski definition) is 3. The topological polar surface area (TPSA) is 84.6 Å². The first-order valence-electron chi connectivity index (χ1n) is 12.4. The quantitative estimate of drug-likeness (QED) is 0.541. The van der Waals surface area contributed by atoms with Crippen LogP contribution in [0.25, 0.3) is 0 Å². The Morgan fingerprint density at radius 3 is 2.59 bits per heavy atom. The Morgan fingerprint density at radius 1 is 1.21 bits per heavy atom. The lowest BCUT2D eigenvalue weighted by Gasteiger charge is -2.35. The number of rotatable bonds is 5. The predicted molar refractivity (Wildman–Crippen MR) is 125 cm³/mol. The summed E-state index contributed by atoms with van der Waals surface area (Å²) in [7, 11) is 0. The van der Waals surface area contributed by atoms with E-state index in [9.17, 15) is 13.2 Å². The molecule has 3 saturated carbocycles. The van der Waals surface area contributed by atoms with Crippen LogP contribution in [-0.4, -0.2) is 48.2 Å². The number of aromatic nitrogens is 1. The highest BCUT2D eigenvalue weighted by molar-refractivity contribution is 5.80. The van der Waals surface area contributed by atoms with Crippen molar-refractivity contribution in [3.05, 3.63) is 29.2 Å². The van der Waals surface area contributed by atoms with Crippen molar-refractivity contribution in [2.45, 2.75) is 94.1 Å². The predicted octanol–water partition coefficient (Wildman–Crippen LogP) is 4.63. The molecule has 0 bridgehead atoms. The van der Waals surface area contributed by atoms with Crippen molar-refractivity contribution in [1.82, 2.24) is 4.98 Å². The summed E-state index contributed by atoms with van der Waals surface area (Å²) >= 11 is 0. The van der Waals surface area contributed by atoms with Crippen molar-refractivity contribution in [2.75, 3.05) is 17.2 Å². The number of hydrogen-bond acceptors (Lipinski definition) is 6. The van der Waals surface area contributed by atoms with Crippen molar-refractivity contribution in [2.24, 2.45) is 16.1 Å². The van der Waals surface area contributed by atoms with Gasteiger partial charge in [0.1, 0.15) is 0 Å². The fourth-order valence-corrected chi connectivity index (χ4v) is 5.81. The minimum atomic E-state index is -4.19. The van der Waals surface area contributed by atoms with Gasteiger partial charge in [0.2, 0.25) is 0 Å². The zero-order valence-corrected chi connectivity index (χ0v) is 19.6. The molecule has 1 aromatic rings. The standard InChI is InChI=1S/C25H32F3N5O/c1-13-14(2)32-21-19(31-13)8-18(33-22(21)23-11-24(23,12-23)25(26,27)28)15-5-6-34-20(7-15)16(9-29)10-30-17-3-4-17/h8-10,13-15,17,20,31-32H,3-7,11-12,29H2,1-2H3/b16-9+,30-10?. The highest BCUT2D eigenvalue weighted by Gasteiger charge is 2.95. The largest absolute Gasteiger partial charge is 0.404 e. The summed E-state index contributed by atoms with van der Waals surface area (Å²) in [6, 6.07) is 2.69. The Bertz CT molecular complexity index is 1060. The number of nitrogens with one attached hydrogen (secondary N) is 2. The van der Waals surface area contributed by atoms with Gasteiger partial charge in [0.05, 0.1) is 34.6 Å². The van der Waals surface area contributed by atoms with Crippen LogP contribution in [0.4, 0.5) is 24.5 Å². The first-order valence-corrected chi connectivity index (χ1v) is 12.4. The molecular formula is C25H32F3N5O. The molecule has 1 saturated heterocycles. The van der Waals surface area contributed by atoms with Crippen LogP contribution in [-0.2, 0) is 10.2 Å². The first kappa shape index (κ1) is 22.2. The van der Waals surface area contributed by atoms with Crippen LogP contribution in [0.5, 0.6) is 0 Å². The second-order valence-electron chi connectivity index (χ2n) is 11.0. The van der Waals surface area contributed by atoms with E-state index < -0.39 is 17.0 Å². The maximum absolute atomic E-state index is 13.8. The number of ether oxygens (including phenoxy) is 1. The number of nitrogens with two attached hydrogens (primary N) is 1. The third-order valence-corrected chi connectivity index (χ3v) is 8.66. The second kappa shape index (κ2) is 7.35. The number of pyridine rings is 1. The highest BCUT2D eigenvalue weighted by atomic mass is 19.4. The minimum absolute atomic E-state index is 0.0812. The monoisotopic (exact) mass is 475 g/mol. The lowest BCUT2D eigenvalue weighted by atomic mass is 9.88. The van der Waals surface area contributed by atoms with E-state index in [0.717, 1.165) is 41.9 Å². The molecule has 0 spiro atoms. The van der Waals surface area contributed by atoms with Crippen LogP contribution < -0.4 is 16.4 Å². The van der Waals surface area contributed by atoms with E-state index in [1.807, 2.05) is 19.2 Å². The fraction of sp³-hybridized carbons (Fsp3) is 0.680. The van der Waals surface area contributed by atoms with E-state index in [2.05, 4.69) is 22.5 Å². The Labute approximate surface area is 197 Å². The van der Waals surface area contributed by atoms with E-state index >= 15 is 0 Å². The molecule has 0 aromatic carbocycles. The van der Waals surface area contributed by atoms with Gasteiger partial charge in [-0.1, -0.05) is 0 Å². The average molecular weight is 476 g/mol. The molecular weight excluding hydrogens is 443 g/mol. The Morgan fingerprint density at radius 2 is 1.94 bits per heavy atom. The van der Waals surface area contributed by atoms with Crippen LogP contribution in [0.3, 0.4) is 0 Å². The molecule has 1 aromatic heterocycles. The van der Waals surface area contributed by atoms with E-state index in [1.165, 1.54) is 0 Å². The maximum Gasteiger partial charge on any atom is 0.395 e. The van der Waals surface area contributed by atoms with E-state index in [4.69, 9.17) is 15.5 Å². The minimum Gasteiger partial charge on any atom is -0.404 e. The van der Waals surface area contributed by atoms with Gasteiger partial charge < -0.3 is 21.1 Å². The summed E-state index contributed by atoms with van der Waals surface area (Å²) in [5.74, 6) is 0.0812. The van der Waals surface area contributed by atoms with Gasteiger partial charge in [-0.15, -0.1) is 0 Å². The normalized spacial score (nSPS) is 39.1.